The van der Waals surface area contributed by atoms with Gasteiger partial charge < -0.3 is 20.3 Å². The van der Waals surface area contributed by atoms with E-state index < -0.39 is 0 Å². The zero-order valence-electron chi connectivity index (χ0n) is 14.8. The van der Waals surface area contributed by atoms with Crippen LogP contribution in [0.3, 0.4) is 0 Å². The molecule has 1 atom stereocenters. The Balaban J connectivity index is 1.77. The summed E-state index contributed by atoms with van der Waals surface area (Å²) in [7, 11) is 0. The summed E-state index contributed by atoms with van der Waals surface area (Å²) in [4.78, 5) is 26.7. The molecule has 2 saturated heterocycles. The Bertz CT molecular complexity index is 620. The Hall–Kier alpha value is -2.08. The SMILES string of the molecule is CCC(=O)Nc1ccc(N2CCCC2)c(C(=O)NCC2CCCO2)c1. The third-order valence-corrected chi connectivity index (χ3v) is 4.81. The average Bonchev–Trinajstić information content (AvgIpc) is 3.33. The molecule has 2 heterocycles. The number of carbonyl (C=O) groups is 2. The lowest BCUT2D eigenvalue weighted by Crippen LogP contribution is -2.33. The molecular weight excluding hydrogens is 318 g/mol. The number of nitrogens with one attached hydrogen (secondary N) is 2. The summed E-state index contributed by atoms with van der Waals surface area (Å²) in [5.74, 6) is -0.162. The van der Waals surface area contributed by atoms with Crippen molar-refractivity contribution in [3.8, 4) is 0 Å². The van der Waals surface area contributed by atoms with Gasteiger partial charge in [-0.1, -0.05) is 6.92 Å². The zero-order valence-corrected chi connectivity index (χ0v) is 14.8. The maximum Gasteiger partial charge on any atom is 0.253 e. The Morgan fingerprint density at radius 2 is 2.04 bits per heavy atom. The highest BCUT2D eigenvalue weighted by Gasteiger charge is 2.22. The fourth-order valence-corrected chi connectivity index (χ4v) is 3.39. The van der Waals surface area contributed by atoms with Gasteiger partial charge in [-0.15, -0.1) is 0 Å². The van der Waals surface area contributed by atoms with Crippen molar-refractivity contribution < 1.29 is 14.3 Å². The molecule has 136 valence electrons. The number of hydrogen-bond donors (Lipinski definition) is 2. The molecule has 2 amide bonds. The molecule has 1 aromatic carbocycles. The zero-order chi connectivity index (χ0) is 17.6. The van der Waals surface area contributed by atoms with E-state index in [1.54, 1.807) is 6.07 Å². The quantitative estimate of drug-likeness (QED) is 0.831. The van der Waals surface area contributed by atoms with E-state index in [0.29, 0.717) is 24.2 Å². The van der Waals surface area contributed by atoms with Crippen LogP contribution in [-0.4, -0.2) is 44.2 Å². The minimum atomic E-state index is -0.106. The fourth-order valence-electron chi connectivity index (χ4n) is 3.39. The summed E-state index contributed by atoms with van der Waals surface area (Å²) in [5.41, 5.74) is 2.22. The molecular formula is C19H27N3O3. The van der Waals surface area contributed by atoms with E-state index in [9.17, 15) is 9.59 Å². The second-order valence-electron chi connectivity index (χ2n) is 6.67. The van der Waals surface area contributed by atoms with Crippen molar-refractivity contribution in [1.82, 2.24) is 5.32 Å². The molecule has 0 bridgehead atoms. The number of hydrogen-bond acceptors (Lipinski definition) is 4. The first-order valence-electron chi connectivity index (χ1n) is 9.26. The van der Waals surface area contributed by atoms with Crippen LogP contribution in [0.5, 0.6) is 0 Å². The summed E-state index contributed by atoms with van der Waals surface area (Å²) in [6.45, 7) is 5.05. The van der Waals surface area contributed by atoms with Crippen LogP contribution < -0.4 is 15.5 Å². The molecule has 0 spiro atoms. The van der Waals surface area contributed by atoms with Crippen LogP contribution >= 0.6 is 0 Å². The Morgan fingerprint density at radius 3 is 2.72 bits per heavy atom. The average molecular weight is 345 g/mol. The summed E-state index contributed by atoms with van der Waals surface area (Å²) in [6.07, 6.45) is 4.86. The Kier molecular flexibility index (Phi) is 5.91. The summed E-state index contributed by atoms with van der Waals surface area (Å²) in [5, 5.41) is 5.84. The van der Waals surface area contributed by atoms with Gasteiger partial charge in [0.15, 0.2) is 0 Å². The van der Waals surface area contributed by atoms with Crippen molar-refractivity contribution in [2.24, 2.45) is 0 Å². The molecule has 3 rings (SSSR count). The molecule has 2 fully saturated rings. The van der Waals surface area contributed by atoms with Crippen LogP contribution in [0.15, 0.2) is 18.2 Å². The van der Waals surface area contributed by atoms with Gasteiger partial charge in [-0.2, -0.15) is 0 Å². The molecule has 0 radical (unpaired) electrons. The van der Waals surface area contributed by atoms with E-state index in [2.05, 4.69) is 15.5 Å². The summed E-state index contributed by atoms with van der Waals surface area (Å²) < 4.78 is 5.58. The van der Waals surface area contributed by atoms with E-state index in [0.717, 1.165) is 51.1 Å². The lowest BCUT2D eigenvalue weighted by Gasteiger charge is -2.22. The van der Waals surface area contributed by atoms with E-state index in [1.807, 2.05) is 19.1 Å². The van der Waals surface area contributed by atoms with Gasteiger partial charge in [0.25, 0.3) is 5.91 Å². The van der Waals surface area contributed by atoms with Crippen molar-refractivity contribution in [1.29, 1.82) is 0 Å². The van der Waals surface area contributed by atoms with Gasteiger partial charge in [-0.05, 0) is 43.9 Å². The van der Waals surface area contributed by atoms with Crippen LogP contribution in [0.4, 0.5) is 11.4 Å². The second-order valence-corrected chi connectivity index (χ2v) is 6.67. The molecule has 6 heteroatoms. The van der Waals surface area contributed by atoms with Crippen molar-refractivity contribution in [3.05, 3.63) is 23.8 Å². The fraction of sp³-hybridized carbons (Fsp3) is 0.579. The molecule has 0 aliphatic carbocycles. The minimum absolute atomic E-state index is 0.0559. The third kappa shape index (κ3) is 4.51. The van der Waals surface area contributed by atoms with Crippen LogP contribution in [0.1, 0.15) is 49.4 Å². The largest absolute Gasteiger partial charge is 0.376 e. The predicted molar refractivity (Wildman–Crippen MR) is 98.1 cm³/mol. The van der Waals surface area contributed by atoms with Crippen LogP contribution in [0, 0.1) is 0 Å². The number of rotatable bonds is 6. The third-order valence-electron chi connectivity index (χ3n) is 4.81. The highest BCUT2D eigenvalue weighted by Crippen LogP contribution is 2.27. The van der Waals surface area contributed by atoms with E-state index in [4.69, 9.17) is 4.74 Å². The summed E-state index contributed by atoms with van der Waals surface area (Å²) in [6, 6.07) is 5.60. The van der Waals surface area contributed by atoms with Gasteiger partial charge >= 0.3 is 0 Å². The minimum Gasteiger partial charge on any atom is -0.376 e. The Labute approximate surface area is 148 Å². The molecule has 2 N–H and O–H groups in total. The molecule has 0 saturated carbocycles. The van der Waals surface area contributed by atoms with Gasteiger partial charge in [0.05, 0.1) is 11.7 Å². The lowest BCUT2D eigenvalue weighted by atomic mass is 10.1. The molecule has 2 aliphatic heterocycles. The maximum atomic E-state index is 12.8. The lowest BCUT2D eigenvalue weighted by molar-refractivity contribution is -0.115. The number of anilines is 2. The molecule has 6 nitrogen and oxygen atoms in total. The van der Waals surface area contributed by atoms with Crippen molar-refractivity contribution in [2.75, 3.05) is 36.5 Å². The standard InChI is InChI=1S/C19H27N3O3/c1-2-18(23)21-14-7-8-17(22-9-3-4-10-22)16(12-14)19(24)20-13-15-6-5-11-25-15/h7-8,12,15H,2-6,9-11,13H2,1H3,(H,20,24)(H,21,23). The molecule has 1 unspecified atom stereocenters. The summed E-state index contributed by atoms with van der Waals surface area (Å²) >= 11 is 0. The molecule has 1 aromatic rings. The van der Waals surface area contributed by atoms with Crippen LogP contribution in [-0.2, 0) is 9.53 Å². The van der Waals surface area contributed by atoms with Crippen LogP contribution in [0.2, 0.25) is 0 Å². The molecule has 2 aliphatic rings. The van der Waals surface area contributed by atoms with Crippen molar-refractivity contribution in [2.45, 2.75) is 45.1 Å². The van der Waals surface area contributed by atoms with Gasteiger partial charge in [-0.3, -0.25) is 9.59 Å². The Morgan fingerprint density at radius 1 is 1.24 bits per heavy atom. The molecule has 25 heavy (non-hydrogen) atoms. The van der Waals surface area contributed by atoms with Crippen LogP contribution in [0.25, 0.3) is 0 Å². The first-order valence-corrected chi connectivity index (χ1v) is 9.26. The van der Waals surface area contributed by atoms with Gasteiger partial charge in [0.1, 0.15) is 0 Å². The van der Waals surface area contributed by atoms with Gasteiger partial charge in [-0.25, -0.2) is 0 Å². The predicted octanol–water partition coefficient (Wildman–Crippen LogP) is 2.54. The number of amides is 2. The van der Waals surface area contributed by atoms with E-state index in [1.165, 1.54) is 0 Å². The van der Waals surface area contributed by atoms with Gasteiger partial charge in [0, 0.05) is 44.0 Å². The maximum absolute atomic E-state index is 12.8. The normalized spacial score (nSPS) is 19.9. The first kappa shape index (κ1) is 17.7. The highest BCUT2D eigenvalue weighted by atomic mass is 16.5. The molecule has 0 aromatic heterocycles. The second kappa shape index (κ2) is 8.34. The van der Waals surface area contributed by atoms with Gasteiger partial charge in [0.2, 0.25) is 5.91 Å². The van der Waals surface area contributed by atoms with E-state index in [-0.39, 0.29) is 17.9 Å². The smallest absolute Gasteiger partial charge is 0.253 e. The number of ether oxygens (including phenoxy) is 1. The number of benzene rings is 1. The number of nitrogens with zero attached hydrogens (tertiary/aromatic N) is 1. The van der Waals surface area contributed by atoms with Crippen molar-refractivity contribution >= 4 is 23.2 Å². The monoisotopic (exact) mass is 345 g/mol. The highest BCUT2D eigenvalue weighted by molar-refractivity contribution is 6.02. The first-order chi connectivity index (χ1) is 12.2. The topological polar surface area (TPSA) is 70.7 Å². The number of carbonyl (C=O) groups excluding carboxylic acids is 2. The van der Waals surface area contributed by atoms with Crippen molar-refractivity contribution in [3.63, 3.8) is 0 Å². The van der Waals surface area contributed by atoms with E-state index >= 15 is 0 Å².